The minimum Gasteiger partial charge on any atom is -0.344 e. The maximum Gasteiger partial charge on any atom is 0.234 e. The van der Waals surface area contributed by atoms with Gasteiger partial charge in [-0.2, -0.15) is 0 Å². The van der Waals surface area contributed by atoms with Gasteiger partial charge in [-0.25, -0.2) is 0 Å². The Morgan fingerprint density at radius 1 is 0.923 bits per heavy atom. The van der Waals surface area contributed by atoms with E-state index in [4.69, 9.17) is 0 Å². The number of carbonyl (C=O) groups is 1. The number of thioether (sulfide) groups is 1. The average Bonchev–Trinajstić information content (AvgIpc) is 3.12. The second-order valence-corrected chi connectivity index (χ2v) is 7.93. The number of aryl methyl sites for hydroxylation is 1. The van der Waals surface area contributed by atoms with E-state index < -0.39 is 0 Å². The van der Waals surface area contributed by atoms with E-state index in [0.29, 0.717) is 0 Å². The van der Waals surface area contributed by atoms with Crippen LogP contribution in [0.3, 0.4) is 0 Å². The van der Waals surface area contributed by atoms with Crippen molar-refractivity contribution in [3.63, 3.8) is 0 Å². The smallest absolute Gasteiger partial charge is 0.234 e. The van der Waals surface area contributed by atoms with Crippen molar-refractivity contribution in [3.05, 3.63) is 101 Å². The second-order valence-electron chi connectivity index (χ2n) is 6.68. The lowest BCUT2D eigenvalue weighted by atomic mass is 9.97. The molecule has 1 heterocycles. The number of hydrogen-bond acceptors (Lipinski definition) is 2. The fraction of sp³-hybridized carbons (Fsp3) is 0.174. The van der Waals surface area contributed by atoms with Gasteiger partial charge < -0.3 is 5.32 Å². The fourth-order valence-corrected chi connectivity index (χ4v) is 4.53. The maximum absolute atomic E-state index is 13.0. The Bertz CT molecular complexity index is 880. The van der Waals surface area contributed by atoms with Crippen molar-refractivity contribution >= 4 is 17.7 Å². The van der Waals surface area contributed by atoms with Crippen LogP contribution in [0.4, 0.5) is 0 Å². The number of nitrogens with one attached hydrogen (secondary N) is 1. The van der Waals surface area contributed by atoms with Gasteiger partial charge >= 0.3 is 0 Å². The summed E-state index contributed by atoms with van der Waals surface area (Å²) >= 11 is 1.67. The maximum atomic E-state index is 13.0. The highest BCUT2D eigenvalue weighted by Crippen LogP contribution is 2.37. The highest BCUT2D eigenvalue weighted by molar-refractivity contribution is 8.01. The fourth-order valence-electron chi connectivity index (χ4n) is 3.33. The summed E-state index contributed by atoms with van der Waals surface area (Å²) in [5.41, 5.74) is 4.69. The number of hydrogen-bond donors (Lipinski definition) is 1. The molecule has 0 spiro atoms. The molecule has 3 heteroatoms. The Morgan fingerprint density at radius 2 is 1.58 bits per heavy atom. The summed E-state index contributed by atoms with van der Waals surface area (Å²) in [7, 11) is 0. The molecule has 2 unspecified atom stereocenters. The third kappa shape index (κ3) is 3.54. The van der Waals surface area contributed by atoms with E-state index >= 15 is 0 Å². The Hall–Kier alpha value is -2.52. The Morgan fingerprint density at radius 3 is 2.31 bits per heavy atom. The van der Waals surface area contributed by atoms with Crippen LogP contribution in [0.2, 0.25) is 0 Å². The molecule has 3 aromatic carbocycles. The van der Waals surface area contributed by atoms with E-state index in [1.165, 1.54) is 16.0 Å². The molecule has 0 saturated carbocycles. The van der Waals surface area contributed by atoms with Crippen LogP contribution in [0.5, 0.6) is 0 Å². The van der Waals surface area contributed by atoms with Crippen molar-refractivity contribution in [2.45, 2.75) is 29.5 Å². The summed E-state index contributed by atoms with van der Waals surface area (Å²) in [5.74, 6) is 0.0978. The lowest BCUT2D eigenvalue weighted by Crippen LogP contribution is -2.36. The normalized spacial score (nSPS) is 16.7. The van der Waals surface area contributed by atoms with Crippen LogP contribution >= 0.6 is 11.8 Å². The lowest BCUT2D eigenvalue weighted by molar-refractivity contribution is -0.121. The van der Waals surface area contributed by atoms with Gasteiger partial charge in [0.2, 0.25) is 5.91 Å². The van der Waals surface area contributed by atoms with Gasteiger partial charge in [-0.3, -0.25) is 4.79 Å². The molecule has 130 valence electrons. The molecule has 4 rings (SSSR count). The van der Waals surface area contributed by atoms with Crippen LogP contribution in [0.1, 0.15) is 28.3 Å². The first-order valence-electron chi connectivity index (χ1n) is 8.87. The predicted octanol–water partition coefficient (Wildman–Crippen LogP) is 4.92. The first kappa shape index (κ1) is 16.9. The molecule has 2 nitrogen and oxygen atoms in total. The summed E-state index contributed by atoms with van der Waals surface area (Å²) < 4.78 is 0. The molecule has 1 amide bonds. The molecule has 3 aromatic rings. The molecule has 1 aliphatic heterocycles. The predicted molar refractivity (Wildman–Crippen MR) is 107 cm³/mol. The summed E-state index contributed by atoms with van der Waals surface area (Å²) in [5, 5.41) is 3.22. The monoisotopic (exact) mass is 359 g/mol. The van der Waals surface area contributed by atoms with Gasteiger partial charge in [0.25, 0.3) is 0 Å². The number of amides is 1. The molecule has 2 atom stereocenters. The number of fused-ring (bicyclic) bond motifs is 1. The zero-order chi connectivity index (χ0) is 17.9. The van der Waals surface area contributed by atoms with Crippen molar-refractivity contribution in [2.75, 3.05) is 0 Å². The summed E-state index contributed by atoms with van der Waals surface area (Å²) in [6.45, 7) is 2.08. The van der Waals surface area contributed by atoms with E-state index in [0.717, 1.165) is 17.5 Å². The quantitative estimate of drug-likeness (QED) is 0.716. The summed E-state index contributed by atoms with van der Waals surface area (Å²) in [6, 6.07) is 26.7. The summed E-state index contributed by atoms with van der Waals surface area (Å²) in [4.78, 5) is 14.2. The van der Waals surface area contributed by atoms with Gasteiger partial charge in [-0.15, -0.1) is 11.8 Å². The largest absolute Gasteiger partial charge is 0.344 e. The molecular formula is C23H21NOS. The molecule has 0 aliphatic carbocycles. The van der Waals surface area contributed by atoms with E-state index in [9.17, 15) is 4.79 Å². The van der Waals surface area contributed by atoms with Gasteiger partial charge in [-0.05, 0) is 36.1 Å². The van der Waals surface area contributed by atoms with Gasteiger partial charge in [0.1, 0.15) is 0 Å². The lowest BCUT2D eigenvalue weighted by Gasteiger charge is -2.22. The van der Waals surface area contributed by atoms with Crippen LogP contribution in [-0.2, 0) is 11.2 Å². The summed E-state index contributed by atoms with van der Waals surface area (Å²) in [6.07, 6.45) is 0.794. The van der Waals surface area contributed by atoms with Gasteiger partial charge in [-0.1, -0.05) is 78.4 Å². The molecule has 0 saturated heterocycles. The molecule has 26 heavy (non-hydrogen) atoms. The molecule has 0 radical (unpaired) electrons. The number of benzene rings is 3. The zero-order valence-corrected chi connectivity index (χ0v) is 15.5. The molecule has 0 aromatic heterocycles. The van der Waals surface area contributed by atoms with Gasteiger partial charge in [0, 0.05) is 4.90 Å². The molecule has 0 fully saturated rings. The van der Waals surface area contributed by atoms with Crippen LogP contribution in [0.25, 0.3) is 0 Å². The van der Waals surface area contributed by atoms with Gasteiger partial charge in [0.15, 0.2) is 0 Å². The van der Waals surface area contributed by atoms with Crippen LogP contribution < -0.4 is 5.32 Å². The SMILES string of the molecule is Cc1ccc(C(NC(=O)C2Cc3ccccc3S2)c2ccccc2)cc1. The molecular weight excluding hydrogens is 338 g/mol. The van der Waals surface area contributed by atoms with E-state index in [1.54, 1.807) is 11.8 Å². The molecule has 1 aliphatic rings. The topological polar surface area (TPSA) is 29.1 Å². The third-order valence-electron chi connectivity index (χ3n) is 4.77. The highest BCUT2D eigenvalue weighted by atomic mass is 32.2. The van der Waals surface area contributed by atoms with Crippen LogP contribution in [0.15, 0.2) is 83.8 Å². The molecule has 1 N–H and O–H groups in total. The van der Waals surface area contributed by atoms with Crippen LogP contribution in [0, 0.1) is 6.92 Å². The molecule has 0 bridgehead atoms. The van der Waals surface area contributed by atoms with Crippen molar-refractivity contribution in [1.29, 1.82) is 0 Å². The van der Waals surface area contributed by atoms with E-state index in [1.807, 2.05) is 30.3 Å². The van der Waals surface area contributed by atoms with E-state index in [-0.39, 0.29) is 17.2 Å². The average molecular weight is 359 g/mol. The van der Waals surface area contributed by atoms with Crippen molar-refractivity contribution in [1.82, 2.24) is 5.32 Å². The number of rotatable bonds is 4. The zero-order valence-electron chi connectivity index (χ0n) is 14.7. The van der Waals surface area contributed by atoms with Crippen molar-refractivity contribution in [3.8, 4) is 0 Å². The minimum absolute atomic E-state index is 0.0657. The second kappa shape index (κ2) is 7.38. The Labute approximate surface area is 158 Å². The first-order valence-corrected chi connectivity index (χ1v) is 9.75. The van der Waals surface area contributed by atoms with Crippen LogP contribution in [-0.4, -0.2) is 11.2 Å². The Balaban J connectivity index is 1.57. The van der Waals surface area contributed by atoms with Gasteiger partial charge in [0.05, 0.1) is 11.3 Å². The highest BCUT2D eigenvalue weighted by Gasteiger charge is 2.29. The standard InChI is InChI=1S/C23H21NOS/c1-16-11-13-18(14-12-16)22(17-7-3-2-4-8-17)24-23(25)21-15-19-9-5-6-10-20(19)26-21/h2-14,21-22H,15H2,1H3,(H,24,25). The minimum atomic E-state index is -0.131. The third-order valence-corrected chi connectivity index (χ3v) is 6.09. The van der Waals surface area contributed by atoms with Crippen molar-refractivity contribution in [2.24, 2.45) is 0 Å². The number of carbonyl (C=O) groups excluding carboxylic acids is 1. The van der Waals surface area contributed by atoms with Crippen molar-refractivity contribution < 1.29 is 4.79 Å². The Kier molecular flexibility index (Phi) is 4.81. The van der Waals surface area contributed by atoms with E-state index in [2.05, 4.69) is 60.8 Å². The first-order chi connectivity index (χ1) is 12.7.